The first-order chi connectivity index (χ1) is 4.85. The van der Waals surface area contributed by atoms with Crippen LogP contribution in [0.1, 0.15) is 20.3 Å². The molecule has 0 aromatic heterocycles. The van der Waals surface area contributed by atoms with Crippen LogP contribution in [0.2, 0.25) is 0 Å². The number of hydrogen-bond acceptors (Lipinski definition) is 2. The van der Waals surface area contributed by atoms with Crippen LogP contribution >= 0.6 is 0 Å². The number of rotatable bonds is 3. The summed E-state index contributed by atoms with van der Waals surface area (Å²) in [7, 11) is 1.62. The van der Waals surface area contributed by atoms with E-state index in [1.807, 2.05) is 6.92 Å². The maximum atomic E-state index is 4.93. The number of methoxy groups -OCH3 is 1. The Morgan fingerprint density at radius 1 is 1.50 bits per heavy atom. The molecule has 0 atom stereocenters. The van der Waals surface area contributed by atoms with Crippen LogP contribution < -0.4 is 5.32 Å². The van der Waals surface area contributed by atoms with Gasteiger partial charge in [0.25, 0.3) is 6.02 Å². The van der Waals surface area contributed by atoms with Crippen molar-refractivity contribution in [1.82, 2.24) is 5.32 Å². The monoisotopic (exact) mass is 144 g/mol. The minimum Gasteiger partial charge on any atom is -0.469 e. The van der Waals surface area contributed by atoms with Crippen molar-refractivity contribution in [3.05, 3.63) is 0 Å². The topological polar surface area (TPSA) is 33.6 Å². The van der Waals surface area contributed by atoms with Gasteiger partial charge in [-0.3, -0.25) is 0 Å². The molecule has 0 aliphatic heterocycles. The molecule has 3 heteroatoms. The number of aliphatic imine (C=N–C) groups is 1. The van der Waals surface area contributed by atoms with Crippen LogP contribution in [0.25, 0.3) is 0 Å². The quantitative estimate of drug-likeness (QED) is 0.473. The molecule has 0 spiro atoms. The van der Waals surface area contributed by atoms with Gasteiger partial charge in [-0.2, -0.15) is 0 Å². The van der Waals surface area contributed by atoms with Gasteiger partial charge in [0.2, 0.25) is 0 Å². The molecule has 0 fully saturated rings. The summed E-state index contributed by atoms with van der Waals surface area (Å²) in [5.74, 6) is 0. The van der Waals surface area contributed by atoms with Crippen LogP contribution in [0.15, 0.2) is 4.99 Å². The van der Waals surface area contributed by atoms with E-state index in [0.717, 1.165) is 19.5 Å². The summed E-state index contributed by atoms with van der Waals surface area (Å²) in [5, 5.41) is 3.05. The Balaban J connectivity index is 3.49. The summed E-state index contributed by atoms with van der Waals surface area (Å²) in [6.07, 6.45) is 1.09. The zero-order valence-electron chi connectivity index (χ0n) is 6.98. The molecule has 10 heavy (non-hydrogen) atoms. The van der Waals surface area contributed by atoms with Crippen molar-refractivity contribution in [2.24, 2.45) is 4.99 Å². The van der Waals surface area contributed by atoms with E-state index >= 15 is 0 Å². The lowest BCUT2D eigenvalue weighted by Crippen LogP contribution is -2.25. The molecule has 0 amide bonds. The second kappa shape index (κ2) is 6.39. The molecular weight excluding hydrogens is 128 g/mol. The van der Waals surface area contributed by atoms with Crippen LogP contribution in [0.3, 0.4) is 0 Å². The van der Waals surface area contributed by atoms with Gasteiger partial charge in [-0.1, -0.05) is 6.92 Å². The van der Waals surface area contributed by atoms with Crippen LogP contribution in [-0.4, -0.2) is 26.2 Å². The average Bonchev–Trinajstić information content (AvgIpc) is 1.98. The third-order valence-corrected chi connectivity index (χ3v) is 1.02. The first-order valence-corrected chi connectivity index (χ1v) is 3.67. The van der Waals surface area contributed by atoms with Gasteiger partial charge in [-0.05, 0) is 13.3 Å². The fourth-order valence-electron chi connectivity index (χ4n) is 0.568. The van der Waals surface area contributed by atoms with Gasteiger partial charge in [0, 0.05) is 13.1 Å². The van der Waals surface area contributed by atoms with Gasteiger partial charge in [0.1, 0.15) is 0 Å². The van der Waals surface area contributed by atoms with Crippen molar-refractivity contribution in [3.63, 3.8) is 0 Å². The second-order valence-electron chi connectivity index (χ2n) is 1.91. The minimum atomic E-state index is 0.643. The standard InChI is InChI=1S/C7H16N2O/c1-4-6-9-7(10-3)8-5-2/h4-6H2,1-3H3,(H,8,9). The molecule has 1 N–H and O–H groups in total. The van der Waals surface area contributed by atoms with E-state index in [-0.39, 0.29) is 0 Å². The zero-order chi connectivity index (χ0) is 7.82. The average molecular weight is 144 g/mol. The predicted octanol–water partition coefficient (Wildman–Crippen LogP) is 1.01. The van der Waals surface area contributed by atoms with Crippen molar-refractivity contribution in [3.8, 4) is 0 Å². The lowest BCUT2D eigenvalue weighted by atomic mass is 10.5. The maximum absolute atomic E-state index is 4.93. The Morgan fingerprint density at radius 3 is 2.60 bits per heavy atom. The summed E-state index contributed by atoms with van der Waals surface area (Å²) in [5.41, 5.74) is 0. The predicted molar refractivity (Wildman–Crippen MR) is 43.3 cm³/mol. The number of nitrogens with zero attached hydrogens (tertiary/aromatic N) is 1. The number of nitrogens with one attached hydrogen (secondary N) is 1. The Hall–Kier alpha value is -0.730. The summed E-state index contributed by atoms with van der Waals surface area (Å²) in [4.78, 5) is 4.06. The Morgan fingerprint density at radius 2 is 2.20 bits per heavy atom. The molecule has 0 saturated heterocycles. The molecule has 3 nitrogen and oxygen atoms in total. The highest BCUT2D eigenvalue weighted by Gasteiger charge is 1.91. The minimum absolute atomic E-state index is 0.643. The molecule has 0 aromatic rings. The van der Waals surface area contributed by atoms with Gasteiger partial charge in [-0.15, -0.1) is 0 Å². The second-order valence-corrected chi connectivity index (χ2v) is 1.91. The van der Waals surface area contributed by atoms with E-state index in [9.17, 15) is 0 Å². The first-order valence-electron chi connectivity index (χ1n) is 3.67. The summed E-state index contributed by atoms with van der Waals surface area (Å²) >= 11 is 0. The Kier molecular flexibility index (Phi) is 5.92. The van der Waals surface area contributed by atoms with E-state index in [1.165, 1.54) is 0 Å². The van der Waals surface area contributed by atoms with Gasteiger partial charge in [0.05, 0.1) is 7.11 Å². The van der Waals surface area contributed by atoms with Crippen LogP contribution in [0.4, 0.5) is 0 Å². The zero-order valence-corrected chi connectivity index (χ0v) is 6.98. The lowest BCUT2D eigenvalue weighted by Gasteiger charge is -2.05. The Labute approximate surface area is 62.5 Å². The number of amidine groups is 1. The van der Waals surface area contributed by atoms with Gasteiger partial charge in [0.15, 0.2) is 0 Å². The van der Waals surface area contributed by atoms with E-state index in [1.54, 1.807) is 7.11 Å². The number of hydrogen-bond donors (Lipinski definition) is 1. The molecule has 0 aliphatic rings. The maximum Gasteiger partial charge on any atom is 0.284 e. The third-order valence-electron chi connectivity index (χ3n) is 1.02. The van der Waals surface area contributed by atoms with Crippen molar-refractivity contribution in [1.29, 1.82) is 0 Å². The fraction of sp³-hybridized carbons (Fsp3) is 0.857. The van der Waals surface area contributed by atoms with E-state index < -0.39 is 0 Å². The van der Waals surface area contributed by atoms with Crippen LogP contribution in [0.5, 0.6) is 0 Å². The highest BCUT2D eigenvalue weighted by Crippen LogP contribution is 1.77. The van der Waals surface area contributed by atoms with Gasteiger partial charge < -0.3 is 10.1 Å². The molecule has 0 radical (unpaired) electrons. The van der Waals surface area contributed by atoms with E-state index in [2.05, 4.69) is 17.2 Å². The Bertz CT molecular complexity index is 102. The fourth-order valence-corrected chi connectivity index (χ4v) is 0.568. The van der Waals surface area contributed by atoms with Crippen molar-refractivity contribution >= 4 is 6.02 Å². The first kappa shape index (κ1) is 9.27. The highest BCUT2D eigenvalue weighted by molar-refractivity contribution is 5.73. The number of ether oxygens (including phenoxy) is 1. The van der Waals surface area contributed by atoms with Crippen LogP contribution in [0, 0.1) is 0 Å². The van der Waals surface area contributed by atoms with Crippen molar-refractivity contribution in [2.45, 2.75) is 20.3 Å². The largest absolute Gasteiger partial charge is 0.469 e. The summed E-state index contributed by atoms with van der Waals surface area (Å²) in [6, 6.07) is 0.643. The van der Waals surface area contributed by atoms with Crippen molar-refractivity contribution < 1.29 is 4.74 Å². The highest BCUT2D eigenvalue weighted by atomic mass is 16.5. The SMILES string of the molecule is CCCN/C(=N\CC)OC. The lowest BCUT2D eigenvalue weighted by molar-refractivity contribution is 0.378. The third kappa shape index (κ3) is 4.18. The molecule has 0 aliphatic carbocycles. The molecule has 0 aromatic carbocycles. The van der Waals surface area contributed by atoms with Gasteiger partial charge in [-0.25, -0.2) is 4.99 Å². The molecule has 60 valence electrons. The van der Waals surface area contributed by atoms with E-state index in [0.29, 0.717) is 6.02 Å². The molecule has 0 saturated carbocycles. The van der Waals surface area contributed by atoms with E-state index in [4.69, 9.17) is 4.74 Å². The molecular formula is C7H16N2O. The van der Waals surface area contributed by atoms with Gasteiger partial charge >= 0.3 is 0 Å². The molecule has 0 unspecified atom stereocenters. The summed E-state index contributed by atoms with van der Waals surface area (Å²) in [6.45, 7) is 5.77. The molecule has 0 bridgehead atoms. The smallest absolute Gasteiger partial charge is 0.284 e. The van der Waals surface area contributed by atoms with Crippen molar-refractivity contribution in [2.75, 3.05) is 20.2 Å². The van der Waals surface area contributed by atoms with Crippen LogP contribution in [-0.2, 0) is 4.74 Å². The summed E-state index contributed by atoms with van der Waals surface area (Å²) < 4.78 is 4.93. The normalized spacial score (nSPS) is 11.3. The molecule has 0 heterocycles. The molecule has 0 rings (SSSR count).